The summed E-state index contributed by atoms with van der Waals surface area (Å²) < 4.78 is 17.6. The van der Waals surface area contributed by atoms with Gasteiger partial charge in [-0.05, 0) is 25.7 Å². The minimum Gasteiger partial charge on any atom is -0.394 e. The highest BCUT2D eigenvalue weighted by Gasteiger charge is 2.46. The normalized spacial score (nSPS) is 42.2. The Morgan fingerprint density at radius 2 is 1.63 bits per heavy atom. The fraction of sp³-hybridized carbons (Fsp3) is 0.909. The molecule has 0 aliphatic carbocycles. The van der Waals surface area contributed by atoms with Gasteiger partial charge in [0, 0.05) is 24.6 Å². The highest BCUT2D eigenvalue weighted by Crippen LogP contribution is 2.36. The van der Waals surface area contributed by atoms with Gasteiger partial charge in [0.1, 0.15) is 12.2 Å². The number of aliphatic hydroxyl groups excluding tert-OH is 4. The van der Waals surface area contributed by atoms with Gasteiger partial charge in [-0.3, -0.25) is 0 Å². The molecule has 4 N–H and O–H groups in total. The van der Waals surface area contributed by atoms with E-state index < -0.39 is 30.5 Å². The molecular weight excluding hydrogens is 390 g/mol. The standard InChI is InChI=1S/C22H41NO7/c1-7-14-20(25)21(26)18(30-22(14)27)11-28-10-15-13(5)17(9-24)29-16(8-2)19(15)23(6)12(3)4/h13-22,24-27H,3,7-11H2,1-2,4-6H3. The first-order valence-electron chi connectivity index (χ1n) is 11.1. The number of hydrogen-bond donors (Lipinski definition) is 4. The molecule has 0 aromatic heterocycles. The fourth-order valence-electron chi connectivity index (χ4n) is 4.78. The smallest absolute Gasteiger partial charge is 0.160 e. The molecule has 176 valence electrons. The summed E-state index contributed by atoms with van der Waals surface area (Å²) in [5, 5.41) is 40.6. The average molecular weight is 432 g/mol. The first kappa shape index (κ1) is 25.5. The molecule has 2 aliphatic rings. The van der Waals surface area contributed by atoms with Crippen molar-refractivity contribution in [3.8, 4) is 0 Å². The number of ether oxygens (including phenoxy) is 3. The predicted octanol–water partition coefficient (Wildman–Crippen LogP) is 0.724. The lowest BCUT2D eigenvalue weighted by molar-refractivity contribution is -0.274. The van der Waals surface area contributed by atoms with Gasteiger partial charge in [0.05, 0.1) is 44.2 Å². The average Bonchev–Trinajstić information content (AvgIpc) is 2.72. The van der Waals surface area contributed by atoms with Crippen LogP contribution < -0.4 is 0 Å². The van der Waals surface area contributed by atoms with Crippen LogP contribution in [0.1, 0.15) is 40.5 Å². The lowest BCUT2D eigenvalue weighted by Gasteiger charge is -2.50. The van der Waals surface area contributed by atoms with Crippen LogP contribution in [0.25, 0.3) is 0 Å². The van der Waals surface area contributed by atoms with Crippen molar-refractivity contribution >= 4 is 0 Å². The maximum atomic E-state index is 10.4. The van der Waals surface area contributed by atoms with Gasteiger partial charge in [-0.2, -0.15) is 0 Å². The van der Waals surface area contributed by atoms with Crippen LogP contribution in [0.4, 0.5) is 0 Å². The Balaban J connectivity index is 2.08. The quantitative estimate of drug-likeness (QED) is 0.423. The van der Waals surface area contributed by atoms with Crippen molar-refractivity contribution in [2.45, 2.75) is 83.4 Å². The van der Waals surface area contributed by atoms with Crippen molar-refractivity contribution in [3.63, 3.8) is 0 Å². The lowest BCUT2D eigenvalue weighted by Crippen LogP contribution is -2.58. The molecule has 0 saturated carbocycles. The minimum atomic E-state index is -1.13. The van der Waals surface area contributed by atoms with E-state index >= 15 is 0 Å². The van der Waals surface area contributed by atoms with Crippen LogP contribution in [0.2, 0.25) is 0 Å². The van der Waals surface area contributed by atoms with Crippen molar-refractivity contribution in [1.29, 1.82) is 0 Å². The molecule has 0 amide bonds. The molecule has 2 fully saturated rings. The van der Waals surface area contributed by atoms with E-state index in [-0.39, 0.29) is 43.3 Å². The zero-order valence-electron chi connectivity index (χ0n) is 19.0. The van der Waals surface area contributed by atoms with Gasteiger partial charge >= 0.3 is 0 Å². The van der Waals surface area contributed by atoms with Crippen molar-refractivity contribution < 1.29 is 34.6 Å². The molecule has 2 aliphatic heterocycles. The van der Waals surface area contributed by atoms with Crippen molar-refractivity contribution in [2.75, 3.05) is 26.9 Å². The van der Waals surface area contributed by atoms with Gasteiger partial charge in [0.15, 0.2) is 6.29 Å². The van der Waals surface area contributed by atoms with E-state index in [9.17, 15) is 20.4 Å². The van der Waals surface area contributed by atoms with E-state index in [0.717, 1.165) is 12.1 Å². The first-order valence-corrected chi connectivity index (χ1v) is 11.1. The van der Waals surface area contributed by atoms with Gasteiger partial charge in [0.25, 0.3) is 0 Å². The molecule has 2 rings (SSSR count). The van der Waals surface area contributed by atoms with Gasteiger partial charge in [0.2, 0.25) is 0 Å². The summed E-state index contributed by atoms with van der Waals surface area (Å²) in [6.07, 6.45) is -3.16. The molecule has 0 radical (unpaired) electrons. The zero-order valence-corrected chi connectivity index (χ0v) is 19.0. The Hall–Kier alpha value is -0.740. The van der Waals surface area contributed by atoms with Crippen LogP contribution >= 0.6 is 0 Å². The predicted molar refractivity (Wildman–Crippen MR) is 113 cm³/mol. The van der Waals surface area contributed by atoms with Crippen LogP contribution in [0.3, 0.4) is 0 Å². The molecular formula is C22H41NO7. The summed E-state index contributed by atoms with van der Waals surface area (Å²) in [4.78, 5) is 2.11. The Kier molecular flexibility index (Phi) is 9.55. The maximum absolute atomic E-state index is 10.4. The number of rotatable bonds is 9. The second-order valence-electron chi connectivity index (χ2n) is 8.82. The third kappa shape index (κ3) is 5.35. The van der Waals surface area contributed by atoms with Crippen molar-refractivity contribution in [3.05, 3.63) is 12.3 Å². The minimum absolute atomic E-state index is 0.0307. The van der Waals surface area contributed by atoms with E-state index in [4.69, 9.17) is 14.2 Å². The molecule has 2 heterocycles. The van der Waals surface area contributed by atoms with E-state index in [1.54, 1.807) is 0 Å². The topological polar surface area (TPSA) is 112 Å². The molecule has 0 bridgehead atoms. The summed E-state index contributed by atoms with van der Waals surface area (Å²) >= 11 is 0. The number of likely N-dealkylation sites (N-methyl/N-ethyl adjacent to an activating group) is 1. The van der Waals surface area contributed by atoms with Gasteiger partial charge in [-0.25, -0.2) is 0 Å². The van der Waals surface area contributed by atoms with Crippen LogP contribution in [0, 0.1) is 17.8 Å². The van der Waals surface area contributed by atoms with Crippen LogP contribution in [-0.4, -0.2) is 95.0 Å². The molecule has 10 unspecified atom stereocenters. The van der Waals surface area contributed by atoms with Crippen molar-refractivity contribution in [2.24, 2.45) is 17.8 Å². The van der Waals surface area contributed by atoms with E-state index in [0.29, 0.717) is 13.0 Å². The summed E-state index contributed by atoms with van der Waals surface area (Å²) in [6, 6.07) is 0.0307. The van der Waals surface area contributed by atoms with Crippen LogP contribution in [0.5, 0.6) is 0 Å². The monoisotopic (exact) mass is 431 g/mol. The SMILES string of the molecule is C=C(C)N(C)C1C(CC)OC(CO)C(C)C1COCC1OC(O)C(CC)C(O)C1O. The van der Waals surface area contributed by atoms with Gasteiger partial charge in [-0.15, -0.1) is 0 Å². The Bertz CT molecular complexity index is 548. The highest BCUT2D eigenvalue weighted by molar-refractivity contribution is 5.01. The fourth-order valence-corrected chi connectivity index (χ4v) is 4.78. The molecule has 8 nitrogen and oxygen atoms in total. The molecule has 2 saturated heterocycles. The van der Waals surface area contributed by atoms with Crippen LogP contribution in [0.15, 0.2) is 12.3 Å². The maximum Gasteiger partial charge on any atom is 0.160 e. The Morgan fingerprint density at radius 3 is 2.17 bits per heavy atom. The van der Waals surface area contributed by atoms with Gasteiger partial charge < -0.3 is 39.5 Å². The second-order valence-corrected chi connectivity index (χ2v) is 8.82. The lowest BCUT2D eigenvalue weighted by atomic mass is 9.77. The second kappa shape index (κ2) is 11.2. The van der Waals surface area contributed by atoms with E-state index in [1.165, 1.54) is 0 Å². The highest BCUT2D eigenvalue weighted by atomic mass is 16.6. The molecule has 8 heteroatoms. The summed E-state index contributed by atoms with van der Waals surface area (Å²) in [5.74, 6) is -0.417. The van der Waals surface area contributed by atoms with E-state index in [1.807, 2.05) is 27.8 Å². The van der Waals surface area contributed by atoms with Crippen LogP contribution in [-0.2, 0) is 14.2 Å². The Morgan fingerprint density at radius 1 is 0.967 bits per heavy atom. The number of aliphatic hydroxyl groups is 4. The zero-order chi connectivity index (χ0) is 22.6. The van der Waals surface area contributed by atoms with Gasteiger partial charge in [-0.1, -0.05) is 27.4 Å². The van der Waals surface area contributed by atoms with E-state index in [2.05, 4.69) is 18.4 Å². The third-order valence-electron chi connectivity index (χ3n) is 6.98. The summed E-state index contributed by atoms with van der Waals surface area (Å²) in [5.41, 5.74) is 0.921. The Labute approximate surface area is 180 Å². The summed E-state index contributed by atoms with van der Waals surface area (Å²) in [7, 11) is 1.99. The number of nitrogens with zero attached hydrogens (tertiary/aromatic N) is 1. The molecule has 30 heavy (non-hydrogen) atoms. The summed E-state index contributed by atoms with van der Waals surface area (Å²) in [6.45, 7) is 12.3. The van der Waals surface area contributed by atoms with Crippen molar-refractivity contribution in [1.82, 2.24) is 4.90 Å². The number of hydrogen-bond acceptors (Lipinski definition) is 8. The first-order chi connectivity index (χ1) is 14.2. The largest absolute Gasteiger partial charge is 0.394 e. The number of allylic oxidation sites excluding steroid dienone is 1. The molecule has 0 aromatic carbocycles. The third-order valence-corrected chi connectivity index (χ3v) is 6.98. The molecule has 10 atom stereocenters. The molecule has 0 spiro atoms. The molecule has 0 aromatic rings.